The van der Waals surface area contributed by atoms with Crippen LogP contribution in [0.2, 0.25) is 5.02 Å². The smallest absolute Gasteiger partial charge is 0.271 e. The van der Waals surface area contributed by atoms with Gasteiger partial charge >= 0.3 is 0 Å². The van der Waals surface area contributed by atoms with E-state index in [0.717, 1.165) is 11.6 Å². The van der Waals surface area contributed by atoms with E-state index in [1.54, 1.807) is 18.2 Å². The molecular formula is C24H18ClN3O5. The molecule has 0 aromatic heterocycles. The normalized spacial score (nSPS) is 10.8. The molecule has 0 atom stereocenters. The summed E-state index contributed by atoms with van der Waals surface area (Å²) >= 11 is 6.04. The molecule has 33 heavy (non-hydrogen) atoms. The third-order valence-electron chi connectivity index (χ3n) is 4.53. The highest BCUT2D eigenvalue weighted by Crippen LogP contribution is 2.34. The molecule has 0 bridgehead atoms. The Bertz CT molecular complexity index is 1250. The van der Waals surface area contributed by atoms with Crippen LogP contribution in [0.5, 0.6) is 11.5 Å². The lowest BCUT2D eigenvalue weighted by Gasteiger charge is -2.14. The predicted molar refractivity (Wildman–Crippen MR) is 124 cm³/mol. The van der Waals surface area contributed by atoms with E-state index in [1.165, 1.54) is 25.3 Å². The maximum absolute atomic E-state index is 12.7. The number of nitrogens with zero attached hydrogens (tertiary/aromatic N) is 2. The van der Waals surface area contributed by atoms with Gasteiger partial charge in [0.1, 0.15) is 18.2 Å². The van der Waals surface area contributed by atoms with Crippen LogP contribution in [-0.2, 0) is 11.4 Å². The van der Waals surface area contributed by atoms with Crippen molar-refractivity contribution in [2.75, 3.05) is 12.4 Å². The van der Waals surface area contributed by atoms with Crippen LogP contribution in [-0.4, -0.2) is 17.9 Å². The third-order valence-corrected chi connectivity index (χ3v) is 4.86. The van der Waals surface area contributed by atoms with E-state index in [0.29, 0.717) is 17.1 Å². The molecular weight excluding hydrogens is 446 g/mol. The molecule has 9 heteroatoms. The first-order chi connectivity index (χ1) is 15.9. The van der Waals surface area contributed by atoms with E-state index < -0.39 is 10.8 Å². The number of nitro groups is 1. The van der Waals surface area contributed by atoms with E-state index in [4.69, 9.17) is 21.1 Å². The van der Waals surface area contributed by atoms with Gasteiger partial charge in [-0.05, 0) is 23.8 Å². The van der Waals surface area contributed by atoms with Crippen molar-refractivity contribution in [3.63, 3.8) is 0 Å². The number of nitro benzene ring substituents is 1. The molecule has 0 aliphatic heterocycles. The second-order valence-corrected chi connectivity index (χ2v) is 7.11. The lowest BCUT2D eigenvalue weighted by molar-refractivity contribution is -0.384. The lowest BCUT2D eigenvalue weighted by atomic mass is 10.1. The molecule has 0 spiro atoms. The number of non-ortho nitro benzene ring substituents is 1. The maximum atomic E-state index is 12.7. The number of carbonyl (C=O) groups is 1. The molecule has 0 unspecified atom stereocenters. The minimum absolute atomic E-state index is 0.0169. The first-order valence-corrected chi connectivity index (χ1v) is 10.0. The van der Waals surface area contributed by atoms with Gasteiger partial charge in [0.05, 0.1) is 22.7 Å². The first-order valence-electron chi connectivity index (χ1n) is 9.63. The summed E-state index contributed by atoms with van der Waals surface area (Å²) in [7, 11) is 1.49. The number of ether oxygens (including phenoxy) is 2. The van der Waals surface area contributed by atoms with E-state index >= 15 is 0 Å². The topological polar surface area (TPSA) is 114 Å². The summed E-state index contributed by atoms with van der Waals surface area (Å²) in [6, 6.07) is 20.0. The summed E-state index contributed by atoms with van der Waals surface area (Å²) in [6.45, 7) is 0.249. The summed E-state index contributed by atoms with van der Waals surface area (Å²) in [5, 5.41) is 23.1. The zero-order valence-corrected chi connectivity index (χ0v) is 18.2. The first kappa shape index (κ1) is 23.3. The fourth-order valence-electron chi connectivity index (χ4n) is 2.91. The molecule has 0 saturated carbocycles. The second-order valence-electron chi connectivity index (χ2n) is 6.70. The Hall–Kier alpha value is -4.35. The van der Waals surface area contributed by atoms with Gasteiger partial charge in [-0.15, -0.1) is 0 Å². The minimum Gasteiger partial charge on any atom is -0.493 e. The minimum atomic E-state index is -0.781. The molecule has 1 N–H and O–H groups in total. The Labute approximate surface area is 194 Å². The van der Waals surface area contributed by atoms with Crippen LogP contribution in [0.3, 0.4) is 0 Å². The van der Waals surface area contributed by atoms with Crippen LogP contribution in [0.25, 0.3) is 6.08 Å². The highest BCUT2D eigenvalue weighted by atomic mass is 35.5. The molecule has 0 aliphatic carbocycles. The Morgan fingerprint density at radius 3 is 2.61 bits per heavy atom. The van der Waals surface area contributed by atoms with Crippen LogP contribution in [0.4, 0.5) is 11.4 Å². The average molecular weight is 464 g/mol. The Balaban J connectivity index is 1.90. The van der Waals surface area contributed by atoms with Crippen LogP contribution >= 0.6 is 11.6 Å². The number of anilines is 1. The molecule has 0 aliphatic rings. The third kappa shape index (κ3) is 5.87. The number of rotatable bonds is 8. The van der Waals surface area contributed by atoms with E-state index in [1.807, 2.05) is 36.4 Å². The molecule has 3 aromatic rings. The standard InChI is InChI=1S/C24H18ClN3O5/c1-32-22-9-5-8-17(23(22)33-15-16-6-3-2-4-7-16)12-18(14-26)24(29)27-21-13-19(28(30)31)10-11-20(21)25/h2-13H,15H2,1H3,(H,27,29)/b18-12+. The molecule has 1 amide bonds. The number of nitriles is 1. The molecule has 8 nitrogen and oxygen atoms in total. The molecule has 0 heterocycles. The Morgan fingerprint density at radius 1 is 1.18 bits per heavy atom. The Morgan fingerprint density at radius 2 is 1.94 bits per heavy atom. The number of hydrogen-bond donors (Lipinski definition) is 1. The SMILES string of the molecule is COc1cccc(/C=C(\C#N)C(=O)Nc2cc([N+](=O)[O-])ccc2Cl)c1OCc1ccccc1. The van der Waals surface area contributed by atoms with Crippen molar-refractivity contribution >= 4 is 35.0 Å². The highest BCUT2D eigenvalue weighted by molar-refractivity contribution is 6.34. The van der Waals surface area contributed by atoms with Crippen LogP contribution < -0.4 is 14.8 Å². The van der Waals surface area contributed by atoms with E-state index in [9.17, 15) is 20.2 Å². The quantitative estimate of drug-likeness (QED) is 0.207. The molecule has 0 saturated heterocycles. The van der Waals surface area contributed by atoms with Crippen LogP contribution in [0.15, 0.2) is 72.3 Å². The number of para-hydroxylation sites is 1. The lowest BCUT2D eigenvalue weighted by Crippen LogP contribution is -2.14. The number of carbonyl (C=O) groups excluding carboxylic acids is 1. The van der Waals surface area contributed by atoms with Crippen molar-refractivity contribution in [3.8, 4) is 17.6 Å². The van der Waals surface area contributed by atoms with Gasteiger partial charge in [-0.25, -0.2) is 0 Å². The molecule has 0 fully saturated rings. The van der Waals surface area contributed by atoms with E-state index in [-0.39, 0.29) is 28.6 Å². The largest absolute Gasteiger partial charge is 0.493 e. The van der Waals surface area contributed by atoms with Crippen molar-refractivity contribution in [3.05, 3.63) is 98.6 Å². The maximum Gasteiger partial charge on any atom is 0.271 e. The second kappa shape index (κ2) is 10.8. The van der Waals surface area contributed by atoms with Crippen molar-refractivity contribution < 1.29 is 19.2 Å². The van der Waals surface area contributed by atoms with Crippen molar-refractivity contribution in [1.82, 2.24) is 0 Å². The van der Waals surface area contributed by atoms with Crippen molar-refractivity contribution in [2.45, 2.75) is 6.61 Å². The van der Waals surface area contributed by atoms with Gasteiger partial charge in [0, 0.05) is 17.7 Å². The van der Waals surface area contributed by atoms with Crippen molar-refractivity contribution in [2.24, 2.45) is 0 Å². The highest BCUT2D eigenvalue weighted by Gasteiger charge is 2.17. The van der Waals surface area contributed by atoms with Gasteiger partial charge in [-0.2, -0.15) is 5.26 Å². The van der Waals surface area contributed by atoms with Gasteiger partial charge in [-0.1, -0.05) is 54.1 Å². The number of hydrogen-bond acceptors (Lipinski definition) is 6. The summed E-state index contributed by atoms with van der Waals surface area (Å²) < 4.78 is 11.3. The van der Waals surface area contributed by atoms with Crippen LogP contribution in [0, 0.1) is 21.4 Å². The summed E-state index contributed by atoms with van der Waals surface area (Å²) in [5.74, 6) is 0.00798. The zero-order chi connectivity index (χ0) is 23.8. The van der Waals surface area contributed by atoms with E-state index in [2.05, 4.69) is 5.32 Å². The Kier molecular flexibility index (Phi) is 7.63. The van der Waals surface area contributed by atoms with Gasteiger partial charge < -0.3 is 14.8 Å². The number of benzene rings is 3. The number of methoxy groups -OCH3 is 1. The zero-order valence-electron chi connectivity index (χ0n) is 17.4. The molecule has 3 aromatic carbocycles. The molecule has 166 valence electrons. The van der Waals surface area contributed by atoms with Crippen molar-refractivity contribution in [1.29, 1.82) is 5.26 Å². The van der Waals surface area contributed by atoms with Gasteiger partial charge in [0.25, 0.3) is 11.6 Å². The molecule has 0 radical (unpaired) electrons. The number of nitrogens with one attached hydrogen (secondary N) is 1. The predicted octanol–water partition coefficient (Wildman–Crippen LogP) is 5.38. The fourth-order valence-corrected chi connectivity index (χ4v) is 3.07. The van der Waals surface area contributed by atoms with Crippen LogP contribution in [0.1, 0.15) is 11.1 Å². The monoisotopic (exact) mass is 463 g/mol. The van der Waals surface area contributed by atoms with Gasteiger partial charge in [-0.3, -0.25) is 14.9 Å². The summed E-state index contributed by atoms with van der Waals surface area (Å²) in [6.07, 6.45) is 1.35. The average Bonchev–Trinajstić information content (AvgIpc) is 2.83. The van der Waals surface area contributed by atoms with Gasteiger partial charge in [0.15, 0.2) is 11.5 Å². The summed E-state index contributed by atoms with van der Waals surface area (Å²) in [5.41, 5.74) is 0.888. The fraction of sp³-hybridized carbons (Fsp3) is 0.0833. The number of halogens is 1. The molecule has 3 rings (SSSR count). The van der Waals surface area contributed by atoms with Gasteiger partial charge in [0.2, 0.25) is 0 Å². The summed E-state index contributed by atoms with van der Waals surface area (Å²) in [4.78, 5) is 23.1. The number of amides is 1.